The maximum Gasteiger partial charge on any atom is 0.0827 e. The summed E-state index contributed by atoms with van der Waals surface area (Å²) < 4.78 is 1.88. The van der Waals surface area contributed by atoms with Crippen molar-refractivity contribution in [3.8, 4) is 0 Å². The summed E-state index contributed by atoms with van der Waals surface area (Å²) in [5.74, 6) is 0. The lowest BCUT2D eigenvalue weighted by molar-refractivity contribution is 0.731. The first-order chi connectivity index (χ1) is 8.09. The molecule has 0 fully saturated rings. The lowest BCUT2D eigenvalue weighted by Gasteiger charge is -2.09. The average Bonchev–Trinajstić information content (AvgIpc) is 2.53. The molecule has 0 atom stereocenters. The standard InChI is InChI=1S/C13H18N4/c1-9-13(10(2)17(3)16-9)15-8-11-6-4-5-7-12(11)14/h4-7,15H,8,14H2,1-3H3. The third-order valence-corrected chi connectivity index (χ3v) is 3.02. The number of rotatable bonds is 3. The van der Waals surface area contributed by atoms with Crippen LogP contribution in [0.3, 0.4) is 0 Å². The van der Waals surface area contributed by atoms with Crippen LogP contribution in [0.25, 0.3) is 0 Å². The first kappa shape index (κ1) is 11.5. The summed E-state index contributed by atoms with van der Waals surface area (Å²) in [4.78, 5) is 0. The molecule has 4 heteroatoms. The molecular weight excluding hydrogens is 212 g/mol. The van der Waals surface area contributed by atoms with Gasteiger partial charge in [0.25, 0.3) is 0 Å². The molecule has 0 saturated carbocycles. The van der Waals surface area contributed by atoms with Gasteiger partial charge in [-0.2, -0.15) is 5.10 Å². The van der Waals surface area contributed by atoms with Gasteiger partial charge in [-0.3, -0.25) is 4.68 Å². The minimum Gasteiger partial charge on any atom is -0.398 e. The van der Waals surface area contributed by atoms with Crippen molar-refractivity contribution in [1.82, 2.24) is 9.78 Å². The van der Waals surface area contributed by atoms with Gasteiger partial charge >= 0.3 is 0 Å². The number of benzene rings is 1. The quantitative estimate of drug-likeness (QED) is 0.795. The summed E-state index contributed by atoms with van der Waals surface area (Å²) >= 11 is 0. The van der Waals surface area contributed by atoms with E-state index in [-0.39, 0.29) is 0 Å². The van der Waals surface area contributed by atoms with Gasteiger partial charge in [-0.1, -0.05) is 18.2 Å². The number of hydrogen-bond donors (Lipinski definition) is 2. The fourth-order valence-corrected chi connectivity index (χ4v) is 1.91. The van der Waals surface area contributed by atoms with Crippen molar-refractivity contribution in [2.75, 3.05) is 11.1 Å². The summed E-state index contributed by atoms with van der Waals surface area (Å²) in [6, 6.07) is 7.89. The molecule has 3 N–H and O–H groups in total. The lowest BCUT2D eigenvalue weighted by atomic mass is 10.2. The molecule has 4 nitrogen and oxygen atoms in total. The van der Waals surface area contributed by atoms with E-state index in [0.717, 1.165) is 34.9 Å². The van der Waals surface area contributed by atoms with E-state index in [4.69, 9.17) is 5.73 Å². The molecule has 2 aromatic rings. The Hall–Kier alpha value is -1.97. The van der Waals surface area contributed by atoms with E-state index in [1.165, 1.54) is 0 Å². The third-order valence-electron chi connectivity index (χ3n) is 3.02. The second-order valence-electron chi connectivity index (χ2n) is 4.22. The van der Waals surface area contributed by atoms with E-state index in [9.17, 15) is 0 Å². The van der Waals surface area contributed by atoms with Gasteiger partial charge in [0.15, 0.2) is 0 Å². The Kier molecular flexibility index (Phi) is 3.04. The van der Waals surface area contributed by atoms with E-state index >= 15 is 0 Å². The molecule has 2 rings (SSSR count). The van der Waals surface area contributed by atoms with Crippen molar-refractivity contribution in [2.24, 2.45) is 7.05 Å². The summed E-state index contributed by atoms with van der Waals surface area (Å²) in [7, 11) is 1.95. The van der Waals surface area contributed by atoms with E-state index in [2.05, 4.69) is 17.3 Å². The van der Waals surface area contributed by atoms with Gasteiger partial charge in [0.05, 0.1) is 17.1 Å². The summed E-state index contributed by atoms with van der Waals surface area (Å²) in [5.41, 5.74) is 11.1. The molecule has 0 saturated heterocycles. The Balaban J connectivity index is 2.15. The van der Waals surface area contributed by atoms with Gasteiger partial charge in [-0.25, -0.2) is 0 Å². The van der Waals surface area contributed by atoms with Crippen LogP contribution in [0.2, 0.25) is 0 Å². The molecule has 0 bridgehead atoms. The molecule has 0 unspecified atom stereocenters. The van der Waals surface area contributed by atoms with Crippen LogP contribution in [0.1, 0.15) is 17.0 Å². The highest BCUT2D eigenvalue weighted by Gasteiger charge is 2.08. The molecule has 0 aliphatic heterocycles. The molecule has 0 aliphatic rings. The Bertz CT molecular complexity index is 528. The van der Waals surface area contributed by atoms with E-state index < -0.39 is 0 Å². The van der Waals surface area contributed by atoms with Crippen molar-refractivity contribution in [3.63, 3.8) is 0 Å². The number of nitrogens with two attached hydrogens (primary N) is 1. The first-order valence-electron chi connectivity index (χ1n) is 5.67. The topological polar surface area (TPSA) is 55.9 Å². The number of aromatic nitrogens is 2. The molecular formula is C13H18N4. The van der Waals surface area contributed by atoms with Crippen LogP contribution < -0.4 is 11.1 Å². The first-order valence-corrected chi connectivity index (χ1v) is 5.67. The van der Waals surface area contributed by atoms with Crippen LogP contribution >= 0.6 is 0 Å². The van der Waals surface area contributed by atoms with Gasteiger partial charge in [0, 0.05) is 19.3 Å². The van der Waals surface area contributed by atoms with Crippen LogP contribution in [0.15, 0.2) is 24.3 Å². The zero-order valence-electron chi connectivity index (χ0n) is 10.5. The lowest BCUT2D eigenvalue weighted by Crippen LogP contribution is -2.04. The fraction of sp³-hybridized carbons (Fsp3) is 0.308. The zero-order chi connectivity index (χ0) is 12.4. The Labute approximate surface area is 101 Å². The van der Waals surface area contributed by atoms with Crippen molar-refractivity contribution in [3.05, 3.63) is 41.2 Å². The largest absolute Gasteiger partial charge is 0.398 e. The summed E-state index contributed by atoms with van der Waals surface area (Å²) in [6.07, 6.45) is 0. The maximum atomic E-state index is 5.91. The molecule has 0 amide bonds. The van der Waals surface area contributed by atoms with Crippen LogP contribution in [0, 0.1) is 13.8 Å². The molecule has 0 spiro atoms. The Morgan fingerprint density at radius 3 is 2.59 bits per heavy atom. The maximum absolute atomic E-state index is 5.91. The molecule has 90 valence electrons. The van der Waals surface area contributed by atoms with Crippen molar-refractivity contribution >= 4 is 11.4 Å². The van der Waals surface area contributed by atoms with Gasteiger partial charge in [0.2, 0.25) is 0 Å². The predicted molar refractivity (Wildman–Crippen MR) is 70.9 cm³/mol. The second kappa shape index (κ2) is 4.49. The highest BCUT2D eigenvalue weighted by Crippen LogP contribution is 2.20. The van der Waals surface area contributed by atoms with Crippen LogP contribution in [-0.4, -0.2) is 9.78 Å². The molecule has 1 aromatic heterocycles. The Morgan fingerprint density at radius 1 is 1.29 bits per heavy atom. The van der Waals surface area contributed by atoms with E-state index in [1.807, 2.05) is 42.9 Å². The predicted octanol–water partition coefficient (Wildman–Crippen LogP) is 2.23. The molecule has 0 aliphatic carbocycles. The number of nitrogens with one attached hydrogen (secondary N) is 1. The number of aryl methyl sites for hydroxylation is 2. The number of para-hydroxylation sites is 1. The number of nitrogen functional groups attached to an aromatic ring is 1. The Morgan fingerprint density at radius 2 is 2.00 bits per heavy atom. The smallest absolute Gasteiger partial charge is 0.0827 e. The summed E-state index contributed by atoms with van der Waals surface area (Å²) in [5, 5.41) is 7.76. The van der Waals surface area contributed by atoms with Crippen LogP contribution in [0.5, 0.6) is 0 Å². The monoisotopic (exact) mass is 230 g/mol. The van der Waals surface area contributed by atoms with Crippen LogP contribution in [-0.2, 0) is 13.6 Å². The van der Waals surface area contributed by atoms with Gasteiger partial charge < -0.3 is 11.1 Å². The third kappa shape index (κ3) is 2.25. The second-order valence-corrected chi connectivity index (χ2v) is 4.22. The van der Waals surface area contributed by atoms with Gasteiger partial charge in [-0.15, -0.1) is 0 Å². The average molecular weight is 230 g/mol. The number of anilines is 2. The molecule has 0 radical (unpaired) electrons. The van der Waals surface area contributed by atoms with E-state index in [1.54, 1.807) is 0 Å². The zero-order valence-corrected chi connectivity index (χ0v) is 10.5. The van der Waals surface area contributed by atoms with Gasteiger partial charge in [-0.05, 0) is 25.5 Å². The normalized spacial score (nSPS) is 10.5. The highest BCUT2D eigenvalue weighted by molar-refractivity contribution is 5.54. The van der Waals surface area contributed by atoms with Crippen molar-refractivity contribution in [2.45, 2.75) is 20.4 Å². The highest BCUT2D eigenvalue weighted by atomic mass is 15.3. The van der Waals surface area contributed by atoms with Gasteiger partial charge in [0.1, 0.15) is 0 Å². The molecule has 1 aromatic carbocycles. The van der Waals surface area contributed by atoms with Crippen molar-refractivity contribution in [1.29, 1.82) is 0 Å². The summed E-state index contributed by atoms with van der Waals surface area (Å²) in [6.45, 7) is 4.78. The minimum absolute atomic E-state index is 0.722. The number of nitrogens with zero attached hydrogens (tertiary/aromatic N) is 2. The molecule has 1 heterocycles. The molecule has 17 heavy (non-hydrogen) atoms. The minimum atomic E-state index is 0.722. The fourth-order valence-electron chi connectivity index (χ4n) is 1.91. The van der Waals surface area contributed by atoms with Crippen molar-refractivity contribution < 1.29 is 0 Å². The number of hydrogen-bond acceptors (Lipinski definition) is 3. The van der Waals surface area contributed by atoms with E-state index in [0.29, 0.717) is 0 Å². The SMILES string of the molecule is Cc1nn(C)c(C)c1NCc1ccccc1N. The van der Waals surface area contributed by atoms with Crippen LogP contribution in [0.4, 0.5) is 11.4 Å².